The van der Waals surface area contributed by atoms with Gasteiger partial charge >= 0.3 is 5.91 Å². The van der Waals surface area contributed by atoms with E-state index in [-0.39, 0.29) is 11.3 Å². The number of rotatable bonds is 4. The number of aliphatic hydroxyl groups excluding tert-OH is 1. The van der Waals surface area contributed by atoms with Crippen LogP contribution in [0.2, 0.25) is 0 Å². The molecule has 7 heteroatoms. The Morgan fingerprint density at radius 2 is 1.79 bits per heavy atom. The van der Waals surface area contributed by atoms with Gasteiger partial charge in [0.1, 0.15) is 11.5 Å². The summed E-state index contributed by atoms with van der Waals surface area (Å²) in [6.07, 6.45) is 1.57. The zero-order chi connectivity index (χ0) is 20.5. The lowest BCUT2D eigenvalue weighted by molar-refractivity contribution is -0.132. The van der Waals surface area contributed by atoms with Crippen LogP contribution in [0.4, 0.5) is 5.13 Å². The Balaban J connectivity index is 1.91. The standard InChI is InChI=1S/C22H18N2O4S/c1-13-3-5-15(6-4-13)19(25)17-18(14-7-9-16(28-2)10-8-14)24(21(27)20(17)26)22-23-11-12-29-22/h3-12,18,25H,1-2H3/b19-17-. The largest absolute Gasteiger partial charge is 0.507 e. The molecule has 3 aromatic rings. The Kier molecular flexibility index (Phi) is 4.90. The number of ether oxygens (including phenoxy) is 1. The molecule has 1 unspecified atom stereocenters. The SMILES string of the molecule is COc1ccc(C2/C(=C(/O)c3ccc(C)cc3)C(=O)C(=O)N2c2nccs2)cc1. The first-order valence-electron chi connectivity index (χ1n) is 8.92. The molecule has 0 spiro atoms. The summed E-state index contributed by atoms with van der Waals surface area (Å²) in [5.74, 6) is -1.00. The maximum atomic E-state index is 12.9. The number of Topliss-reactive ketones (excluding diaryl/α,β-unsaturated/α-hetero) is 1. The number of hydrogen-bond donors (Lipinski definition) is 1. The van der Waals surface area contributed by atoms with Gasteiger partial charge in [0, 0.05) is 17.1 Å². The topological polar surface area (TPSA) is 79.7 Å². The second-order valence-electron chi connectivity index (χ2n) is 6.62. The van der Waals surface area contributed by atoms with E-state index in [4.69, 9.17) is 4.74 Å². The van der Waals surface area contributed by atoms with Crippen LogP contribution in [0, 0.1) is 6.92 Å². The molecule has 146 valence electrons. The van der Waals surface area contributed by atoms with Crippen LogP contribution in [-0.2, 0) is 9.59 Å². The van der Waals surface area contributed by atoms with E-state index < -0.39 is 17.7 Å². The van der Waals surface area contributed by atoms with Crippen LogP contribution in [0.25, 0.3) is 5.76 Å². The molecule has 4 rings (SSSR count). The van der Waals surface area contributed by atoms with Crippen molar-refractivity contribution in [2.45, 2.75) is 13.0 Å². The maximum absolute atomic E-state index is 12.9. The van der Waals surface area contributed by atoms with Crippen molar-refractivity contribution < 1.29 is 19.4 Å². The van der Waals surface area contributed by atoms with Crippen molar-refractivity contribution in [2.75, 3.05) is 12.0 Å². The number of aromatic nitrogens is 1. The number of carbonyl (C=O) groups excluding carboxylic acids is 2. The third-order valence-electron chi connectivity index (χ3n) is 4.83. The maximum Gasteiger partial charge on any atom is 0.301 e. The number of thiazole rings is 1. The number of aryl methyl sites for hydroxylation is 1. The van der Waals surface area contributed by atoms with E-state index in [1.165, 1.54) is 16.2 Å². The van der Waals surface area contributed by atoms with E-state index in [0.717, 1.165) is 5.56 Å². The molecule has 0 radical (unpaired) electrons. The lowest BCUT2D eigenvalue weighted by Gasteiger charge is -2.23. The fraction of sp³-hybridized carbons (Fsp3) is 0.136. The normalized spacial score (nSPS) is 18.3. The van der Waals surface area contributed by atoms with E-state index >= 15 is 0 Å². The first-order valence-corrected chi connectivity index (χ1v) is 9.80. The highest BCUT2D eigenvalue weighted by molar-refractivity contribution is 7.14. The molecule has 29 heavy (non-hydrogen) atoms. The molecule has 6 nitrogen and oxygen atoms in total. The molecule has 0 saturated carbocycles. The Labute approximate surface area is 171 Å². The summed E-state index contributed by atoms with van der Waals surface area (Å²) in [6, 6.07) is 13.4. The van der Waals surface area contributed by atoms with Gasteiger partial charge in [0.15, 0.2) is 5.13 Å². The lowest BCUT2D eigenvalue weighted by atomic mass is 9.95. The van der Waals surface area contributed by atoms with Gasteiger partial charge in [-0.1, -0.05) is 42.0 Å². The average Bonchev–Trinajstić information content (AvgIpc) is 3.35. The summed E-state index contributed by atoms with van der Waals surface area (Å²) in [4.78, 5) is 31.4. The number of methoxy groups -OCH3 is 1. The molecule has 1 N–H and O–H groups in total. The van der Waals surface area contributed by atoms with Crippen LogP contribution >= 0.6 is 11.3 Å². The molecular weight excluding hydrogens is 388 g/mol. The highest BCUT2D eigenvalue weighted by Gasteiger charge is 2.47. The highest BCUT2D eigenvalue weighted by Crippen LogP contribution is 2.42. The molecule has 2 heterocycles. The first-order chi connectivity index (χ1) is 14.0. The average molecular weight is 406 g/mol. The first kappa shape index (κ1) is 18.9. The van der Waals surface area contributed by atoms with Crippen molar-refractivity contribution in [3.05, 3.63) is 82.4 Å². The Morgan fingerprint density at radius 3 is 2.38 bits per heavy atom. The number of ketones is 1. The summed E-state index contributed by atoms with van der Waals surface area (Å²) in [7, 11) is 1.56. The molecule has 0 bridgehead atoms. The van der Waals surface area contributed by atoms with Crippen molar-refractivity contribution in [3.8, 4) is 5.75 Å². The predicted octanol–water partition coefficient (Wildman–Crippen LogP) is 4.09. The summed E-state index contributed by atoms with van der Waals surface area (Å²) < 4.78 is 5.21. The van der Waals surface area contributed by atoms with E-state index in [2.05, 4.69) is 4.98 Å². The van der Waals surface area contributed by atoms with Crippen LogP contribution in [0.3, 0.4) is 0 Å². The monoisotopic (exact) mass is 406 g/mol. The van der Waals surface area contributed by atoms with Gasteiger partial charge in [-0.3, -0.25) is 14.5 Å². The van der Waals surface area contributed by atoms with Crippen LogP contribution in [0.15, 0.2) is 65.7 Å². The molecule has 1 aliphatic rings. The number of amides is 1. The molecule has 1 saturated heterocycles. The summed E-state index contributed by atoms with van der Waals surface area (Å²) in [6.45, 7) is 1.93. The smallest absolute Gasteiger partial charge is 0.301 e. The highest BCUT2D eigenvalue weighted by atomic mass is 32.1. The van der Waals surface area contributed by atoms with Crippen LogP contribution in [-0.4, -0.2) is 28.9 Å². The summed E-state index contributed by atoms with van der Waals surface area (Å²) in [5.41, 5.74) is 2.22. The van der Waals surface area contributed by atoms with Gasteiger partial charge in [0.05, 0.1) is 18.7 Å². The summed E-state index contributed by atoms with van der Waals surface area (Å²) in [5, 5.41) is 13.1. The van der Waals surface area contributed by atoms with Gasteiger partial charge in [-0.05, 0) is 24.6 Å². The van der Waals surface area contributed by atoms with E-state index in [0.29, 0.717) is 22.0 Å². The van der Waals surface area contributed by atoms with Crippen molar-refractivity contribution in [1.29, 1.82) is 0 Å². The van der Waals surface area contributed by atoms with Gasteiger partial charge in [-0.25, -0.2) is 4.98 Å². The number of benzene rings is 2. The predicted molar refractivity (Wildman–Crippen MR) is 111 cm³/mol. The van der Waals surface area contributed by atoms with Gasteiger partial charge in [-0.2, -0.15) is 0 Å². The fourth-order valence-corrected chi connectivity index (χ4v) is 4.00. The third kappa shape index (κ3) is 3.30. The number of anilines is 1. The van der Waals surface area contributed by atoms with Gasteiger partial charge in [-0.15, -0.1) is 11.3 Å². The van der Waals surface area contributed by atoms with Crippen LogP contribution in [0.5, 0.6) is 5.75 Å². The molecule has 1 amide bonds. The molecule has 1 aromatic heterocycles. The number of hydrogen-bond acceptors (Lipinski definition) is 6. The molecular formula is C22H18N2O4S. The minimum Gasteiger partial charge on any atom is -0.507 e. The van der Waals surface area contributed by atoms with Gasteiger partial charge < -0.3 is 9.84 Å². The van der Waals surface area contributed by atoms with Crippen molar-refractivity contribution >= 4 is 33.9 Å². The van der Waals surface area contributed by atoms with E-state index in [9.17, 15) is 14.7 Å². The molecule has 1 atom stereocenters. The quantitative estimate of drug-likeness (QED) is 0.401. The summed E-state index contributed by atoms with van der Waals surface area (Å²) >= 11 is 1.26. The second kappa shape index (κ2) is 7.52. The van der Waals surface area contributed by atoms with Gasteiger partial charge in [0.25, 0.3) is 5.78 Å². The zero-order valence-corrected chi connectivity index (χ0v) is 16.6. The van der Waals surface area contributed by atoms with Crippen molar-refractivity contribution in [2.24, 2.45) is 0 Å². The third-order valence-corrected chi connectivity index (χ3v) is 5.60. The Hall–Kier alpha value is -3.45. The second-order valence-corrected chi connectivity index (χ2v) is 7.50. The molecule has 2 aromatic carbocycles. The lowest BCUT2D eigenvalue weighted by Crippen LogP contribution is -2.29. The Bertz CT molecular complexity index is 1090. The number of carbonyl (C=O) groups is 2. The molecule has 1 fully saturated rings. The van der Waals surface area contributed by atoms with Gasteiger partial charge in [0.2, 0.25) is 0 Å². The Morgan fingerprint density at radius 1 is 1.10 bits per heavy atom. The van der Waals surface area contributed by atoms with Crippen molar-refractivity contribution in [1.82, 2.24) is 4.98 Å². The van der Waals surface area contributed by atoms with Crippen molar-refractivity contribution in [3.63, 3.8) is 0 Å². The number of aliphatic hydroxyl groups is 1. The van der Waals surface area contributed by atoms with Crippen LogP contribution < -0.4 is 9.64 Å². The fourth-order valence-electron chi connectivity index (χ4n) is 3.33. The minimum atomic E-state index is -0.784. The number of nitrogens with zero attached hydrogens (tertiary/aromatic N) is 2. The molecule has 0 aliphatic carbocycles. The van der Waals surface area contributed by atoms with E-state index in [1.54, 1.807) is 55.1 Å². The zero-order valence-electron chi connectivity index (χ0n) is 15.8. The molecule has 1 aliphatic heterocycles. The van der Waals surface area contributed by atoms with Crippen LogP contribution in [0.1, 0.15) is 22.7 Å². The minimum absolute atomic E-state index is 0.0409. The van der Waals surface area contributed by atoms with E-state index in [1.807, 2.05) is 19.1 Å².